The van der Waals surface area contributed by atoms with E-state index in [0.29, 0.717) is 6.54 Å². The van der Waals surface area contributed by atoms with Crippen LogP contribution in [-0.4, -0.2) is 16.7 Å². The molecule has 0 N–H and O–H groups in total. The molecule has 4 rings (SSSR count). The first kappa shape index (κ1) is 19.8. The summed E-state index contributed by atoms with van der Waals surface area (Å²) in [5.41, 5.74) is 4.31. The Balaban J connectivity index is 1.72. The summed E-state index contributed by atoms with van der Waals surface area (Å²) in [6.07, 6.45) is 3.89. The molecule has 0 atom stereocenters. The molecule has 30 heavy (non-hydrogen) atoms. The summed E-state index contributed by atoms with van der Waals surface area (Å²) in [5.74, 6) is 2.52. The molecule has 152 valence electrons. The molecule has 1 aromatic heterocycles. The largest absolute Gasteiger partial charge is 0.496 e. The monoisotopic (exact) mass is 398 g/mol. The topological polar surface area (TPSA) is 36.3 Å². The quantitative estimate of drug-likeness (QED) is 0.347. The highest BCUT2D eigenvalue weighted by Gasteiger charge is 2.17. The molecule has 0 radical (unpaired) electrons. The van der Waals surface area contributed by atoms with E-state index in [9.17, 15) is 0 Å². The van der Waals surface area contributed by atoms with E-state index in [1.807, 2.05) is 73.1 Å². The molecule has 0 spiro atoms. The third-order valence-corrected chi connectivity index (χ3v) is 5.08. The molecule has 0 saturated heterocycles. The van der Waals surface area contributed by atoms with Crippen molar-refractivity contribution in [1.82, 2.24) is 9.55 Å². The normalized spacial score (nSPS) is 10.7. The maximum atomic E-state index is 6.19. The summed E-state index contributed by atoms with van der Waals surface area (Å²) >= 11 is 0. The lowest BCUT2D eigenvalue weighted by Gasteiger charge is -2.14. The molecule has 4 heteroatoms. The Hall–Kier alpha value is -3.53. The van der Waals surface area contributed by atoms with Gasteiger partial charge >= 0.3 is 0 Å². The number of hydrogen-bond donors (Lipinski definition) is 0. The number of nitrogens with zero attached hydrogens (tertiary/aromatic N) is 2. The molecule has 0 fully saturated rings. The van der Waals surface area contributed by atoms with Crippen molar-refractivity contribution in [2.24, 2.45) is 0 Å². The molecule has 0 saturated carbocycles. The van der Waals surface area contributed by atoms with Crippen molar-refractivity contribution in [3.05, 3.63) is 96.4 Å². The van der Waals surface area contributed by atoms with Gasteiger partial charge in [0.15, 0.2) is 0 Å². The predicted octanol–water partition coefficient (Wildman–Crippen LogP) is 6.35. The standard InChI is InChI=1S/C26H26N2O2/c1-3-11-23-26(27-19-28(23)18-20-12-7-9-16-24(20)29-2)22-15-8-10-17-25(22)30-21-13-5-4-6-14-21/h4-10,12-17,19H,3,11,18H2,1-2H3. The molecule has 4 nitrogen and oxygen atoms in total. The fourth-order valence-electron chi connectivity index (χ4n) is 3.65. The van der Waals surface area contributed by atoms with Crippen LogP contribution in [0.25, 0.3) is 11.3 Å². The molecule has 0 unspecified atom stereocenters. The number of methoxy groups -OCH3 is 1. The van der Waals surface area contributed by atoms with Crippen LogP contribution in [0.4, 0.5) is 0 Å². The molecule has 1 heterocycles. The molecule has 0 aliphatic carbocycles. The van der Waals surface area contributed by atoms with Gasteiger partial charge in [0.05, 0.1) is 25.7 Å². The van der Waals surface area contributed by atoms with Crippen molar-refractivity contribution in [3.8, 4) is 28.5 Å². The smallest absolute Gasteiger partial charge is 0.136 e. The van der Waals surface area contributed by atoms with Gasteiger partial charge in [-0.2, -0.15) is 0 Å². The van der Waals surface area contributed by atoms with Crippen LogP contribution in [0.15, 0.2) is 85.2 Å². The van der Waals surface area contributed by atoms with E-state index in [4.69, 9.17) is 14.5 Å². The molecule has 0 aliphatic heterocycles. The van der Waals surface area contributed by atoms with Gasteiger partial charge in [-0.15, -0.1) is 0 Å². The van der Waals surface area contributed by atoms with Crippen molar-refractivity contribution < 1.29 is 9.47 Å². The number of benzene rings is 3. The summed E-state index contributed by atoms with van der Waals surface area (Å²) < 4.78 is 14.0. The van der Waals surface area contributed by atoms with Crippen LogP contribution >= 0.6 is 0 Å². The number of hydrogen-bond acceptors (Lipinski definition) is 3. The minimum atomic E-state index is 0.716. The number of imidazole rings is 1. The van der Waals surface area contributed by atoms with Gasteiger partial charge in [0.1, 0.15) is 17.2 Å². The van der Waals surface area contributed by atoms with Gasteiger partial charge < -0.3 is 14.0 Å². The van der Waals surface area contributed by atoms with Crippen LogP contribution < -0.4 is 9.47 Å². The number of para-hydroxylation sites is 3. The summed E-state index contributed by atoms with van der Waals surface area (Å²) in [4.78, 5) is 4.80. The van der Waals surface area contributed by atoms with Crippen LogP contribution in [0.1, 0.15) is 24.6 Å². The zero-order valence-corrected chi connectivity index (χ0v) is 17.4. The zero-order chi connectivity index (χ0) is 20.8. The Labute approximate surface area is 177 Å². The van der Waals surface area contributed by atoms with Crippen molar-refractivity contribution in [1.29, 1.82) is 0 Å². The van der Waals surface area contributed by atoms with Crippen LogP contribution in [-0.2, 0) is 13.0 Å². The molecule has 0 amide bonds. The molecular weight excluding hydrogens is 372 g/mol. The minimum absolute atomic E-state index is 0.716. The Kier molecular flexibility index (Phi) is 6.14. The van der Waals surface area contributed by atoms with E-state index in [-0.39, 0.29) is 0 Å². The first-order valence-corrected chi connectivity index (χ1v) is 10.3. The summed E-state index contributed by atoms with van der Waals surface area (Å²) in [6.45, 7) is 2.91. The molecule has 0 aliphatic rings. The second kappa shape index (κ2) is 9.31. The van der Waals surface area contributed by atoms with E-state index >= 15 is 0 Å². The Morgan fingerprint density at radius 1 is 0.833 bits per heavy atom. The van der Waals surface area contributed by atoms with E-state index in [1.165, 1.54) is 5.69 Å². The van der Waals surface area contributed by atoms with Crippen molar-refractivity contribution in [2.45, 2.75) is 26.3 Å². The maximum absolute atomic E-state index is 6.19. The minimum Gasteiger partial charge on any atom is -0.496 e. The lowest BCUT2D eigenvalue weighted by atomic mass is 10.1. The highest BCUT2D eigenvalue weighted by molar-refractivity contribution is 5.70. The number of ether oxygens (including phenoxy) is 2. The van der Waals surface area contributed by atoms with E-state index in [2.05, 4.69) is 23.6 Å². The lowest BCUT2D eigenvalue weighted by molar-refractivity contribution is 0.408. The van der Waals surface area contributed by atoms with E-state index in [0.717, 1.165) is 46.9 Å². The van der Waals surface area contributed by atoms with Crippen LogP contribution in [0.5, 0.6) is 17.2 Å². The maximum Gasteiger partial charge on any atom is 0.136 e. The predicted molar refractivity (Wildman–Crippen MR) is 120 cm³/mol. The fraction of sp³-hybridized carbons (Fsp3) is 0.192. The fourth-order valence-corrected chi connectivity index (χ4v) is 3.65. The lowest BCUT2D eigenvalue weighted by Crippen LogP contribution is -2.05. The number of aromatic nitrogens is 2. The third kappa shape index (κ3) is 4.23. The highest BCUT2D eigenvalue weighted by Crippen LogP contribution is 2.35. The van der Waals surface area contributed by atoms with Crippen LogP contribution in [0.2, 0.25) is 0 Å². The summed E-state index contributed by atoms with van der Waals surface area (Å²) in [5, 5.41) is 0. The van der Waals surface area contributed by atoms with E-state index < -0.39 is 0 Å². The van der Waals surface area contributed by atoms with Crippen LogP contribution in [0.3, 0.4) is 0 Å². The summed E-state index contributed by atoms with van der Waals surface area (Å²) in [6, 6.07) is 26.1. The van der Waals surface area contributed by atoms with Crippen molar-refractivity contribution >= 4 is 0 Å². The molecule has 0 bridgehead atoms. The SMILES string of the molecule is CCCc1c(-c2ccccc2Oc2ccccc2)ncn1Cc1ccccc1OC. The van der Waals surface area contributed by atoms with Gasteiger partial charge in [0.2, 0.25) is 0 Å². The molecule has 4 aromatic rings. The van der Waals surface area contributed by atoms with Crippen LogP contribution in [0, 0.1) is 0 Å². The van der Waals surface area contributed by atoms with Gasteiger partial charge in [-0.05, 0) is 36.8 Å². The zero-order valence-electron chi connectivity index (χ0n) is 17.4. The average Bonchev–Trinajstić information content (AvgIpc) is 3.17. The highest BCUT2D eigenvalue weighted by atomic mass is 16.5. The average molecular weight is 399 g/mol. The Morgan fingerprint density at radius 3 is 2.30 bits per heavy atom. The first-order chi connectivity index (χ1) is 14.8. The second-order valence-corrected chi connectivity index (χ2v) is 7.14. The second-order valence-electron chi connectivity index (χ2n) is 7.14. The Morgan fingerprint density at radius 2 is 1.53 bits per heavy atom. The third-order valence-electron chi connectivity index (χ3n) is 5.08. The molecule has 3 aromatic carbocycles. The summed E-state index contributed by atoms with van der Waals surface area (Å²) in [7, 11) is 1.71. The van der Waals surface area contributed by atoms with Crippen molar-refractivity contribution in [2.75, 3.05) is 7.11 Å². The van der Waals surface area contributed by atoms with Gasteiger partial charge in [-0.1, -0.05) is 61.9 Å². The van der Waals surface area contributed by atoms with Gasteiger partial charge in [-0.3, -0.25) is 0 Å². The van der Waals surface area contributed by atoms with Gasteiger partial charge in [-0.25, -0.2) is 4.98 Å². The Bertz CT molecular complexity index is 1100. The van der Waals surface area contributed by atoms with Crippen molar-refractivity contribution in [3.63, 3.8) is 0 Å². The van der Waals surface area contributed by atoms with Gasteiger partial charge in [0, 0.05) is 16.8 Å². The van der Waals surface area contributed by atoms with Gasteiger partial charge in [0.25, 0.3) is 0 Å². The first-order valence-electron chi connectivity index (χ1n) is 10.3. The number of rotatable bonds is 8. The van der Waals surface area contributed by atoms with E-state index in [1.54, 1.807) is 7.11 Å². The molecular formula is C26H26N2O2.